The molecule has 2 heterocycles. The number of hydrogen-bond acceptors (Lipinski definition) is 5. The fourth-order valence-corrected chi connectivity index (χ4v) is 3.05. The number of amides is 1. The molecule has 2 aromatic heterocycles. The summed E-state index contributed by atoms with van der Waals surface area (Å²) in [7, 11) is 1.92. The van der Waals surface area contributed by atoms with Crippen LogP contribution in [0.25, 0.3) is 0 Å². The Morgan fingerprint density at radius 1 is 1.40 bits per heavy atom. The van der Waals surface area contributed by atoms with Crippen LogP contribution in [-0.2, 0) is 13.6 Å². The zero-order chi connectivity index (χ0) is 14.7. The minimum absolute atomic E-state index is 0.0229. The zero-order valence-electron chi connectivity index (χ0n) is 11.5. The van der Waals surface area contributed by atoms with E-state index in [2.05, 4.69) is 10.3 Å². The highest BCUT2D eigenvalue weighted by Crippen LogP contribution is 2.17. The lowest BCUT2D eigenvalue weighted by Gasteiger charge is -2.05. The number of thiophene rings is 1. The minimum Gasteiger partial charge on any atom is -0.346 e. The molecule has 5 nitrogen and oxygen atoms in total. The zero-order valence-corrected chi connectivity index (χ0v) is 13.1. The first-order valence-electron chi connectivity index (χ1n) is 5.96. The molecule has 2 aromatic rings. The third-order valence-electron chi connectivity index (χ3n) is 2.83. The fraction of sp³-hybridized carbons (Fsp3) is 0.308. The summed E-state index contributed by atoms with van der Waals surface area (Å²) in [5.74, 6) is -0.195. The maximum absolute atomic E-state index is 12.0. The monoisotopic (exact) mass is 309 g/mol. The molecular formula is C13H15N3O2S2. The Hall–Kier alpha value is -1.60. The first kappa shape index (κ1) is 14.8. The van der Waals surface area contributed by atoms with Crippen molar-refractivity contribution in [3.63, 3.8) is 0 Å². The number of nitrogens with zero attached hydrogens (tertiary/aromatic N) is 2. The molecule has 0 saturated heterocycles. The Bertz CT molecular complexity index is 646. The predicted octanol–water partition coefficient (Wildman–Crippen LogP) is 2.34. The lowest BCUT2D eigenvalue weighted by molar-refractivity contribution is 0.0953. The topological polar surface area (TPSA) is 64.0 Å². The van der Waals surface area contributed by atoms with Crippen LogP contribution in [0.15, 0.2) is 23.5 Å². The quantitative estimate of drug-likeness (QED) is 0.680. The van der Waals surface area contributed by atoms with Crippen LogP contribution in [0.5, 0.6) is 0 Å². The van der Waals surface area contributed by atoms with Crippen molar-refractivity contribution in [2.24, 2.45) is 7.05 Å². The molecule has 0 saturated carbocycles. The summed E-state index contributed by atoms with van der Waals surface area (Å²) in [6.07, 6.45) is 3.71. The Morgan fingerprint density at radius 2 is 2.10 bits per heavy atom. The second-order valence-corrected chi connectivity index (χ2v) is 6.06. The van der Waals surface area contributed by atoms with E-state index in [0.29, 0.717) is 16.3 Å². The summed E-state index contributed by atoms with van der Waals surface area (Å²) < 4.78 is 1.94. The molecule has 0 aliphatic heterocycles. The van der Waals surface area contributed by atoms with Gasteiger partial charge < -0.3 is 9.88 Å². The Labute approximate surface area is 125 Å². The molecule has 7 heteroatoms. The molecule has 0 radical (unpaired) electrons. The summed E-state index contributed by atoms with van der Waals surface area (Å²) in [6, 6.07) is 3.35. The molecule has 106 valence electrons. The van der Waals surface area contributed by atoms with E-state index in [1.54, 1.807) is 30.1 Å². The van der Waals surface area contributed by atoms with E-state index in [-0.39, 0.29) is 11.7 Å². The van der Waals surface area contributed by atoms with Gasteiger partial charge in [0.05, 0.1) is 28.2 Å². The van der Waals surface area contributed by atoms with Gasteiger partial charge in [0.15, 0.2) is 10.9 Å². The van der Waals surface area contributed by atoms with Crippen molar-refractivity contribution >= 4 is 34.8 Å². The van der Waals surface area contributed by atoms with E-state index in [1.165, 1.54) is 18.3 Å². The molecule has 0 fully saturated rings. The first-order chi connectivity index (χ1) is 9.52. The van der Waals surface area contributed by atoms with Gasteiger partial charge in [0, 0.05) is 7.05 Å². The van der Waals surface area contributed by atoms with Crippen LogP contribution in [0.4, 0.5) is 0 Å². The van der Waals surface area contributed by atoms with E-state index in [9.17, 15) is 9.59 Å². The van der Waals surface area contributed by atoms with Crippen LogP contribution in [-0.4, -0.2) is 27.5 Å². The molecule has 20 heavy (non-hydrogen) atoms. The number of rotatable bonds is 5. The number of Topliss-reactive ketones (excluding diaryl/α,β-unsaturated/α-hetero) is 1. The number of thioether (sulfide) groups is 1. The van der Waals surface area contributed by atoms with E-state index >= 15 is 0 Å². The predicted molar refractivity (Wildman–Crippen MR) is 80.5 cm³/mol. The largest absolute Gasteiger partial charge is 0.346 e. The highest BCUT2D eigenvalue weighted by molar-refractivity contribution is 7.98. The molecule has 0 spiro atoms. The Kier molecular flexibility index (Phi) is 4.61. The molecule has 0 bridgehead atoms. The van der Waals surface area contributed by atoms with Gasteiger partial charge in [-0.15, -0.1) is 11.3 Å². The molecule has 2 rings (SSSR count). The summed E-state index contributed by atoms with van der Waals surface area (Å²) >= 11 is 2.77. The highest BCUT2D eigenvalue weighted by atomic mass is 32.2. The van der Waals surface area contributed by atoms with Gasteiger partial charge in [-0.25, -0.2) is 4.98 Å². The van der Waals surface area contributed by atoms with Crippen molar-refractivity contribution in [1.82, 2.24) is 14.9 Å². The van der Waals surface area contributed by atoms with Crippen LogP contribution in [0.3, 0.4) is 0 Å². The first-order valence-corrected chi connectivity index (χ1v) is 8.00. The number of aromatic nitrogens is 2. The summed E-state index contributed by atoms with van der Waals surface area (Å²) in [5, 5.41) is 3.74. The lowest BCUT2D eigenvalue weighted by Crippen LogP contribution is -2.23. The molecule has 0 aliphatic rings. The van der Waals surface area contributed by atoms with Crippen molar-refractivity contribution in [2.75, 3.05) is 6.26 Å². The average molecular weight is 309 g/mol. The number of imidazole rings is 1. The van der Waals surface area contributed by atoms with Crippen LogP contribution in [0.2, 0.25) is 0 Å². The number of carbonyl (C=O) groups excluding carboxylic acids is 2. The average Bonchev–Trinajstić information content (AvgIpc) is 3.03. The molecule has 0 aromatic carbocycles. The SMILES string of the molecule is CSc1ncc(CNC(=O)c2ccc(C(C)=O)s2)n1C. The van der Waals surface area contributed by atoms with Gasteiger partial charge in [0.1, 0.15) is 0 Å². The Morgan fingerprint density at radius 3 is 2.65 bits per heavy atom. The fourth-order valence-electron chi connectivity index (χ4n) is 1.69. The van der Waals surface area contributed by atoms with Crippen LogP contribution in [0, 0.1) is 0 Å². The summed E-state index contributed by atoms with van der Waals surface area (Å²) in [5.41, 5.74) is 0.936. The van der Waals surface area contributed by atoms with Crippen LogP contribution < -0.4 is 5.32 Å². The highest BCUT2D eigenvalue weighted by Gasteiger charge is 2.12. The molecule has 1 N–H and O–H groups in total. The van der Waals surface area contributed by atoms with E-state index < -0.39 is 0 Å². The van der Waals surface area contributed by atoms with Crippen molar-refractivity contribution in [3.8, 4) is 0 Å². The van der Waals surface area contributed by atoms with E-state index in [4.69, 9.17) is 0 Å². The third kappa shape index (κ3) is 3.10. The summed E-state index contributed by atoms with van der Waals surface area (Å²) in [4.78, 5) is 28.6. The second-order valence-electron chi connectivity index (χ2n) is 4.20. The normalized spacial score (nSPS) is 10.6. The number of nitrogens with one attached hydrogen (secondary N) is 1. The van der Waals surface area contributed by atoms with Gasteiger partial charge in [0.25, 0.3) is 5.91 Å². The lowest BCUT2D eigenvalue weighted by atomic mass is 10.3. The van der Waals surface area contributed by atoms with Crippen molar-refractivity contribution in [3.05, 3.63) is 33.8 Å². The van der Waals surface area contributed by atoms with Crippen molar-refractivity contribution in [2.45, 2.75) is 18.6 Å². The van der Waals surface area contributed by atoms with Gasteiger partial charge in [-0.2, -0.15) is 0 Å². The minimum atomic E-state index is -0.172. The van der Waals surface area contributed by atoms with Crippen LogP contribution in [0.1, 0.15) is 32.0 Å². The van der Waals surface area contributed by atoms with E-state index in [0.717, 1.165) is 10.9 Å². The maximum Gasteiger partial charge on any atom is 0.261 e. The number of ketones is 1. The van der Waals surface area contributed by atoms with E-state index in [1.807, 2.05) is 17.9 Å². The number of hydrogen-bond donors (Lipinski definition) is 1. The summed E-state index contributed by atoms with van der Waals surface area (Å²) in [6.45, 7) is 1.91. The van der Waals surface area contributed by atoms with Gasteiger partial charge in [-0.3, -0.25) is 9.59 Å². The molecule has 1 amide bonds. The second kappa shape index (κ2) is 6.23. The molecule has 0 aliphatic carbocycles. The smallest absolute Gasteiger partial charge is 0.261 e. The van der Waals surface area contributed by atoms with Crippen molar-refractivity contribution < 1.29 is 9.59 Å². The standard InChI is InChI=1S/C13H15N3O2S2/c1-8(17)10-4-5-11(20-10)12(18)14-6-9-7-15-13(19-3)16(9)2/h4-5,7H,6H2,1-3H3,(H,14,18). The van der Waals surface area contributed by atoms with Gasteiger partial charge in [0.2, 0.25) is 0 Å². The van der Waals surface area contributed by atoms with Crippen LogP contribution >= 0.6 is 23.1 Å². The molecule has 0 unspecified atom stereocenters. The molecule has 0 atom stereocenters. The number of carbonyl (C=O) groups is 2. The third-order valence-corrected chi connectivity index (χ3v) is 4.76. The van der Waals surface area contributed by atoms with Crippen molar-refractivity contribution in [1.29, 1.82) is 0 Å². The maximum atomic E-state index is 12.0. The molecular weight excluding hydrogens is 294 g/mol. The van der Waals surface area contributed by atoms with Gasteiger partial charge in [-0.1, -0.05) is 11.8 Å². The van der Waals surface area contributed by atoms with Gasteiger partial charge >= 0.3 is 0 Å². The Balaban J connectivity index is 2.00. The van der Waals surface area contributed by atoms with Gasteiger partial charge in [-0.05, 0) is 25.3 Å².